The minimum Gasteiger partial charge on any atom is -0.493 e. The van der Waals surface area contributed by atoms with Gasteiger partial charge in [0.05, 0.1) is 20.3 Å². The van der Waals surface area contributed by atoms with Crippen LogP contribution in [0.3, 0.4) is 0 Å². The van der Waals surface area contributed by atoms with Crippen molar-refractivity contribution in [3.05, 3.63) is 52.0 Å². The van der Waals surface area contributed by atoms with E-state index in [0.717, 1.165) is 16.5 Å². The van der Waals surface area contributed by atoms with E-state index in [9.17, 15) is 9.59 Å². The van der Waals surface area contributed by atoms with Crippen molar-refractivity contribution in [1.82, 2.24) is 5.32 Å². The molecule has 6 nitrogen and oxygen atoms in total. The number of carbonyl (C=O) groups is 2. The molecule has 0 saturated carbocycles. The van der Waals surface area contributed by atoms with E-state index in [1.165, 1.54) is 7.11 Å². The Bertz CT molecular complexity index is 868. The summed E-state index contributed by atoms with van der Waals surface area (Å²) < 4.78 is 12.0. The number of benzene rings is 2. The number of anilines is 1. The third kappa shape index (κ3) is 7.09. The maximum absolute atomic E-state index is 12.4. The van der Waals surface area contributed by atoms with Gasteiger partial charge in [-0.1, -0.05) is 29.8 Å². The lowest BCUT2D eigenvalue weighted by atomic mass is 10.1. The number of nitrogens with one attached hydrogen (secondary N) is 2. The first-order chi connectivity index (χ1) is 13.8. The van der Waals surface area contributed by atoms with E-state index in [0.29, 0.717) is 35.3 Å². The van der Waals surface area contributed by atoms with E-state index < -0.39 is 0 Å². The van der Waals surface area contributed by atoms with Gasteiger partial charge in [0.25, 0.3) is 5.91 Å². The van der Waals surface area contributed by atoms with Crippen LogP contribution in [0.1, 0.15) is 36.2 Å². The summed E-state index contributed by atoms with van der Waals surface area (Å²) in [4.78, 5) is 24.6. The molecule has 0 aliphatic rings. The van der Waals surface area contributed by atoms with Crippen LogP contribution in [-0.2, 0) is 4.79 Å². The molecule has 0 fully saturated rings. The molecule has 0 spiro atoms. The largest absolute Gasteiger partial charge is 0.493 e. The number of rotatable bonds is 9. The molecule has 2 amide bonds. The van der Waals surface area contributed by atoms with E-state index >= 15 is 0 Å². The van der Waals surface area contributed by atoms with Crippen molar-refractivity contribution in [3.8, 4) is 11.5 Å². The van der Waals surface area contributed by atoms with Gasteiger partial charge in [0.1, 0.15) is 0 Å². The van der Waals surface area contributed by atoms with Gasteiger partial charge in [-0.05, 0) is 61.2 Å². The van der Waals surface area contributed by atoms with Crippen LogP contribution in [0.5, 0.6) is 11.5 Å². The molecule has 156 valence electrons. The first-order valence-electron chi connectivity index (χ1n) is 9.45. The highest BCUT2D eigenvalue weighted by atomic mass is 79.9. The van der Waals surface area contributed by atoms with Gasteiger partial charge in [-0.15, -0.1) is 0 Å². The maximum Gasteiger partial charge on any atom is 0.251 e. The predicted octanol–water partition coefficient (Wildman–Crippen LogP) is 4.56. The normalized spacial score (nSPS) is 10.6. The van der Waals surface area contributed by atoms with E-state index in [-0.39, 0.29) is 18.4 Å². The van der Waals surface area contributed by atoms with Crippen molar-refractivity contribution in [2.75, 3.05) is 25.6 Å². The van der Waals surface area contributed by atoms with Crippen molar-refractivity contribution in [2.45, 2.75) is 27.2 Å². The second kappa shape index (κ2) is 10.9. The highest BCUT2D eigenvalue weighted by Gasteiger charge is 2.13. The van der Waals surface area contributed by atoms with Gasteiger partial charge in [0.2, 0.25) is 5.91 Å². The number of carbonyl (C=O) groups excluding carboxylic acids is 2. The topological polar surface area (TPSA) is 76.7 Å². The molecule has 0 bridgehead atoms. The van der Waals surface area contributed by atoms with Crippen LogP contribution in [0.2, 0.25) is 0 Å². The third-order valence-corrected chi connectivity index (χ3v) is 4.74. The van der Waals surface area contributed by atoms with Gasteiger partial charge in [-0.3, -0.25) is 9.59 Å². The van der Waals surface area contributed by atoms with Crippen LogP contribution >= 0.6 is 15.9 Å². The van der Waals surface area contributed by atoms with Gasteiger partial charge >= 0.3 is 0 Å². The molecule has 2 aromatic carbocycles. The zero-order chi connectivity index (χ0) is 21.4. The fourth-order valence-corrected chi connectivity index (χ4v) is 3.03. The van der Waals surface area contributed by atoms with Gasteiger partial charge < -0.3 is 20.1 Å². The fourth-order valence-electron chi connectivity index (χ4n) is 2.56. The van der Waals surface area contributed by atoms with Crippen LogP contribution in [0.25, 0.3) is 0 Å². The van der Waals surface area contributed by atoms with Crippen LogP contribution in [0.4, 0.5) is 5.69 Å². The highest BCUT2D eigenvalue weighted by Crippen LogP contribution is 2.28. The number of methoxy groups -OCH3 is 1. The standard InChI is InChI=1S/C22H27BrN2O4/c1-14(2)9-10-29-19-8-5-16(12-20(19)28-4)22(27)24-13-21(26)25-18-7-6-17(23)11-15(18)3/h5-8,11-12,14H,9-10,13H2,1-4H3,(H,24,27)(H,25,26). The molecule has 0 heterocycles. The zero-order valence-electron chi connectivity index (χ0n) is 17.2. The Labute approximate surface area is 180 Å². The molecule has 2 aromatic rings. The minimum atomic E-state index is -0.361. The van der Waals surface area contributed by atoms with Crippen molar-refractivity contribution < 1.29 is 19.1 Å². The number of halogens is 1. The Morgan fingerprint density at radius 2 is 1.86 bits per heavy atom. The summed E-state index contributed by atoms with van der Waals surface area (Å²) in [5.74, 6) is 0.951. The average Bonchev–Trinajstić information content (AvgIpc) is 2.68. The minimum absolute atomic E-state index is 0.136. The Balaban J connectivity index is 1.93. The summed E-state index contributed by atoms with van der Waals surface area (Å²) in [7, 11) is 1.53. The Morgan fingerprint density at radius 1 is 1.10 bits per heavy atom. The van der Waals surface area contributed by atoms with Crippen molar-refractivity contribution in [3.63, 3.8) is 0 Å². The van der Waals surface area contributed by atoms with E-state index in [1.54, 1.807) is 18.2 Å². The van der Waals surface area contributed by atoms with Crippen molar-refractivity contribution >= 4 is 33.4 Å². The van der Waals surface area contributed by atoms with Gasteiger partial charge in [-0.25, -0.2) is 0 Å². The highest BCUT2D eigenvalue weighted by molar-refractivity contribution is 9.10. The number of hydrogen-bond donors (Lipinski definition) is 2. The zero-order valence-corrected chi connectivity index (χ0v) is 18.8. The average molecular weight is 463 g/mol. The van der Waals surface area contributed by atoms with Crippen LogP contribution in [-0.4, -0.2) is 32.1 Å². The number of ether oxygens (including phenoxy) is 2. The summed E-state index contributed by atoms with van der Waals surface area (Å²) in [6.07, 6.45) is 0.929. The van der Waals surface area contributed by atoms with Gasteiger partial charge in [-0.2, -0.15) is 0 Å². The molecule has 0 unspecified atom stereocenters. The molecule has 2 rings (SSSR count). The summed E-state index contributed by atoms with van der Waals surface area (Å²) in [5, 5.41) is 5.41. The molecule has 0 saturated heterocycles. The first kappa shape index (κ1) is 22.7. The number of aryl methyl sites for hydroxylation is 1. The summed E-state index contributed by atoms with van der Waals surface area (Å²) in [6, 6.07) is 10.5. The molecule has 29 heavy (non-hydrogen) atoms. The van der Waals surface area contributed by atoms with Crippen LogP contribution in [0.15, 0.2) is 40.9 Å². The predicted molar refractivity (Wildman–Crippen MR) is 118 cm³/mol. The van der Waals surface area contributed by atoms with E-state index in [1.807, 2.05) is 25.1 Å². The molecular formula is C22H27BrN2O4. The molecule has 2 N–H and O–H groups in total. The monoisotopic (exact) mass is 462 g/mol. The number of hydrogen-bond acceptors (Lipinski definition) is 4. The third-order valence-electron chi connectivity index (χ3n) is 4.25. The van der Waals surface area contributed by atoms with Crippen molar-refractivity contribution in [1.29, 1.82) is 0 Å². The SMILES string of the molecule is COc1cc(C(=O)NCC(=O)Nc2ccc(Br)cc2C)ccc1OCCC(C)C. The lowest BCUT2D eigenvalue weighted by Crippen LogP contribution is -2.33. The lowest BCUT2D eigenvalue weighted by Gasteiger charge is -2.13. The summed E-state index contributed by atoms with van der Waals surface area (Å²) in [6.45, 7) is 6.60. The Kier molecular flexibility index (Phi) is 8.51. The number of amides is 2. The second-order valence-electron chi connectivity index (χ2n) is 7.09. The van der Waals surface area contributed by atoms with Crippen LogP contribution in [0, 0.1) is 12.8 Å². The molecule has 0 atom stereocenters. The molecule has 0 radical (unpaired) electrons. The molecule has 0 aliphatic carbocycles. The molecular weight excluding hydrogens is 436 g/mol. The maximum atomic E-state index is 12.4. The molecule has 0 aliphatic heterocycles. The first-order valence-corrected chi connectivity index (χ1v) is 10.2. The molecule has 7 heteroatoms. The van der Waals surface area contributed by atoms with E-state index in [4.69, 9.17) is 9.47 Å². The summed E-state index contributed by atoms with van der Waals surface area (Å²) >= 11 is 3.39. The lowest BCUT2D eigenvalue weighted by molar-refractivity contribution is -0.115. The Hall–Kier alpha value is -2.54. The quantitative estimate of drug-likeness (QED) is 0.572. The van der Waals surface area contributed by atoms with Gasteiger partial charge in [0, 0.05) is 15.7 Å². The fraction of sp³-hybridized carbons (Fsp3) is 0.364. The van der Waals surface area contributed by atoms with Crippen LogP contribution < -0.4 is 20.1 Å². The van der Waals surface area contributed by atoms with Crippen molar-refractivity contribution in [2.24, 2.45) is 5.92 Å². The summed E-state index contributed by atoms with van der Waals surface area (Å²) in [5.41, 5.74) is 2.03. The smallest absolute Gasteiger partial charge is 0.251 e. The Morgan fingerprint density at radius 3 is 2.52 bits per heavy atom. The van der Waals surface area contributed by atoms with E-state index in [2.05, 4.69) is 40.4 Å². The molecule has 0 aromatic heterocycles. The van der Waals surface area contributed by atoms with Gasteiger partial charge in [0.15, 0.2) is 11.5 Å². The second-order valence-corrected chi connectivity index (χ2v) is 8.00.